The fourth-order valence-electron chi connectivity index (χ4n) is 4.06. The number of rotatable bonds is 8. The molecule has 0 unspecified atom stereocenters. The summed E-state index contributed by atoms with van der Waals surface area (Å²) < 4.78 is 18.6. The fourth-order valence-corrected chi connectivity index (χ4v) is 5.03. The highest BCUT2D eigenvalue weighted by atomic mass is 32.2. The Morgan fingerprint density at radius 2 is 1.94 bits per heavy atom. The van der Waals surface area contributed by atoms with E-state index in [1.165, 1.54) is 30.0 Å². The van der Waals surface area contributed by atoms with Crippen molar-refractivity contribution in [2.24, 2.45) is 4.99 Å². The lowest BCUT2D eigenvalue weighted by atomic mass is 9.91. The van der Waals surface area contributed by atoms with Gasteiger partial charge in [0.1, 0.15) is 12.4 Å². The van der Waals surface area contributed by atoms with Crippen molar-refractivity contribution in [2.75, 3.05) is 6.61 Å². The number of hydrogen-bond acceptors (Lipinski definition) is 6. The van der Waals surface area contributed by atoms with Crippen LogP contribution >= 0.6 is 11.8 Å². The third kappa shape index (κ3) is 5.38. The van der Waals surface area contributed by atoms with E-state index in [2.05, 4.69) is 16.9 Å². The number of amides is 1. The summed E-state index contributed by atoms with van der Waals surface area (Å²) in [6.45, 7) is 7.80. The molecule has 0 radical (unpaired) electrons. The number of hydrogen-bond donors (Lipinski definition) is 1. The number of benzene rings is 2. The highest BCUT2D eigenvalue weighted by molar-refractivity contribution is 8.16. The molecule has 1 amide bonds. The maximum absolute atomic E-state index is 13.1. The zero-order valence-electron chi connectivity index (χ0n) is 19.6. The van der Waals surface area contributed by atoms with Crippen LogP contribution in [0.15, 0.2) is 88.6 Å². The number of nitrogens with one attached hydrogen (secondary N) is 1. The molecule has 0 fully saturated rings. The van der Waals surface area contributed by atoms with E-state index in [1.54, 1.807) is 19.1 Å². The summed E-state index contributed by atoms with van der Waals surface area (Å²) in [7, 11) is 0. The van der Waals surface area contributed by atoms with Crippen molar-refractivity contribution in [3.63, 3.8) is 0 Å². The van der Waals surface area contributed by atoms with Crippen molar-refractivity contribution in [1.82, 2.24) is 10.2 Å². The van der Waals surface area contributed by atoms with Crippen LogP contribution in [0.25, 0.3) is 0 Å². The van der Waals surface area contributed by atoms with Gasteiger partial charge in [-0.15, -0.1) is 0 Å². The molecule has 180 valence electrons. The van der Waals surface area contributed by atoms with E-state index < -0.39 is 12.0 Å². The van der Waals surface area contributed by atoms with Gasteiger partial charge in [0.15, 0.2) is 5.17 Å². The molecule has 2 aromatic rings. The first-order chi connectivity index (χ1) is 16.9. The number of amidine groups is 1. The van der Waals surface area contributed by atoms with Crippen LogP contribution in [0.4, 0.5) is 4.39 Å². The molecule has 35 heavy (non-hydrogen) atoms. The molecule has 0 saturated carbocycles. The Morgan fingerprint density at radius 1 is 1.20 bits per heavy atom. The number of fused-ring (bicyclic) bond motifs is 1. The van der Waals surface area contributed by atoms with Gasteiger partial charge in [-0.05, 0) is 48.1 Å². The number of carbonyl (C=O) groups is 2. The molecule has 2 heterocycles. The van der Waals surface area contributed by atoms with Crippen molar-refractivity contribution < 1.29 is 18.7 Å². The maximum atomic E-state index is 13.1. The molecule has 0 aromatic heterocycles. The number of ether oxygens (including phenoxy) is 1. The van der Waals surface area contributed by atoms with Gasteiger partial charge in [-0.2, -0.15) is 0 Å². The molecule has 0 saturated heterocycles. The highest BCUT2D eigenvalue weighted by Crippen LogP contribution is 2.45. The second kappa shape index (κ2) is 10.7. The normalized spacial score (nSPS) is 16.9. The topological polar surface area (TPSA) is 71.0 Å². The molecule has 2 aliphatic heterocycles. The molecule has 1 N–H and O–H groups in total. The number of aliphatic imine (C=N–C) groups is 1. The maximum Gasteiger partial charge on any atom is 0.338 e. The van der Waals surface area contributed by atoms with Gasteiger partial charge in [-0.25, -0.2) is 14.2 Å². The Hall–Kier alpha value is -3.65. The molecule has 2 aliphatic rings. The van der Waals surface area contributed by atoms with Crippen LogP contribution in [0.5, 0.6) is 0 Å². The first-order valence-electron chi connectivity index (χ1n) is 11.2. The average molecular weight is 492 g/mol. The van der Waals surface area contributed by atoms with Crippen LogP contribution in [0.3, 0.4) is 0 Å². The molecule has 1 atom stereocenters. The first kappa shape index (κ1) is 24.5. The van der Waals surface area contributed by atoms with E-state index >= 15 is 0 Å². The summed E-state index contributed by atoms with van der Waals surface area (Å²) >= 11 is 1.42. The monoisotopic (exact) mass is 491 g/mol. The third-order valence-corrected chi connectivity index (χ3v) is 6.67. The zero-order valence-corrected chi connectivity index (χ0v) is 20.4. The van der Waals surface area contributed by atoms with Crippen LogP contribution in [-0.4, -0.2) is 28.6 Å². The van der Waals surface area contributed by atoms with Crippen LogP contribution < -0.4 is 5.32 Å². The quantitative estimate of drug-likeness (QED) is 0.409. The predicted octanol–water partition coefficient (Wildman–Crippen LogP) is 5.14. The Kier molecular flexibility index (Phi) is 7.51. The first-order valence-corrected chi connectivity index (χ1v) is 12.1. The van der Waals surface area contributed by atoms with Gasteiger partial charge >= 0.3 is 5.97 Å². The van der Waals surface area contributed by atoms with Crippen molar-refractivity contribution in [2.45, 2.75) is 32.9 Å². The van der Waals surface area contributed by atoms with Crippen molar-refractivity contribution in [3.05, 3.63) is 106 Å². The van der Waals surface area contributed by atoms with Gasteiger partial charge in [-0.3, -0.25) is 4.79 Å². The minimum absolute atomic E-state index is 0.0932. The molecule has 0 spiro atoms. The standard InChI is InChI=1S/C27H26FN3O3S/c1-4-13-34-26(33)24-18(3)30-27-31(25(24)22-8-6-5-7-17(22)2)21(16-35-27)14-23(32)29-15-19-9-11-20(28)12-10-19/h4-12,16,25H,1,13-15H2,2-3H3,(H,29,32)/t25-/m1/s1. The zero-order chi connectivity index (χ0) is 24.9. The van der Waals surface area contributed by atoms with Gasteiger partial charge in [0.05, 0.1) is 23.7 Å². The molecular formula is C27H26FN3O3S. The number of esters is 1. The molecule has 8 heteroatoms. The highest BCUT2D eigenvalue weighted by Gasteiger charge is 2.41. The van der Waals surface area contributed by atoms with E-state index in [0.29, 0.717) is 23.0 Å². The number of carbonyl (C=O) groups excluding carboxylic acids is 2. The lowest BCUT2D eigenvalue weighted by molar-refractivity contribution is -0.138. The number of nitrogens with zero attached hydrogens (tertiary/aromatic N) is 2. The second-order valence-electron chi connectivity index (χ2n) is 8.22. The van der Waals surface area contributed by atoms with Crippen molar-refractivity contribution >= 4 is 28.8 Å². The molecule has 6 nitrogen and oxygen atoms in total. The summed E-state index contributed by atoms with van der Waals surface area (Å²) in [6, 6.07) is 13.4. The largest absolute Gasteiger partial charge is 0.458 e. The van der Waals surface area contributed by atoms with Gasteiger partial charge in [0.2, 0.25) is 5.91 Å². The van der Waals surface area contributed by atoms with E-state index in [-0.39, 0.29) is 24.8 Å². The van der Waals surface area contributed by atoms with Gasteiger partial charge in [-0.1, -0.05) is 60.8 Å². The third-order valence-electron chi connectivity index (χ3n) is 5.78. The van der Waals surface area contributed by atoms with Gasteiger partial charge in [0.25, 0.3) is 0 Å². The lowest BCUT2D eigenvalue weighted by Gasteiger charge is -2.37. The number of aryl methyl sites for hydroxylation is 1. The molecular weight excluding hydrogens is 465 g/mol. The van der Waals surface area contributed by atoms with Crippen molar-refractivity contribution in [1.29, 1.82) is 0 Å². The molecule has 0 aliphatic carbocycles. The molecule has 2 aromatic carbocycles. The average Bonchev–Trinajstić information content (AvgIpc) is 3.23. The number of allylic oxidation sites excluding steroid dienone is 1. The lowest BCUT2D eigenvalue weighted by Crippen LogP contribution is -2.38. The van der Waals surface area contributed by atoms with Gasteiger partial charge < -0.3 is 15.0 Å². The van der Waals surface area contributed by atoms with Crippen LogP contribution in [0, 0.1) is 12.7 Å². The van der Waals surface area contributed by atoms with Gasteiger partial charge in [0, 0.05) is 12.2 Å². The number of halogens is 1. The summed E-state index contributed by atoms with van der Waals surface area (Å²) in [5.74, 6) is -0.971. The van der Waals surface area contributed by atoms with Crippen LogP contribution in [0.2, 0.25) is 0 Å². The Labute approximate surface area is 208 Å². The van der Waals surface area contributed by atoms with E-state index in [0.717, 1.165) is 22.4 Å². The van der Waals surface area contributed by atoms with E-state index in [4.69, 9.17) is 4.74 Å². The predicted molar refractivity (Wildman–Crippen MR) is 136 cm³/mol. The SMILES string of the molecule is C=CCOC(=O)C1=C(C)N=C2SC=C(CC(=O)NCc3ccc(F)cc3)N2[C@@H]1c1ccccc1C. The fraction of sp³-hybridized carbons (Fsp3) is 0.222. The van der Waals surface area contributed by atoms with Crippen LogP contribution in [0.1, 0.15) is 36.1 Å². The number of thioether (sulfide) groups is 1. The smallest absolute Gasteiger partial charge is 0.338 e. The Bertz CT molecular complexity index is 1250. The minimum Gasteiger partial charge on any atom is -0.458 e. The van der Waals surface area contributed by atoms with Crippen molar-refractivity contribution in [3.8, 4) is 0 Å². The molecule has 0 bridgehead atoms. The molecule has 4 rings (SSSR count). The Balaban J connectivity index is 1.60. The summed E-state index contributed by atoms with van der Waals surface area (Å²) in [4.78, 5) is 32.5. The Morgan fingerprint density at radius 3 is 2.66 bits per heavy atom. The van der Waals surface area contributed by atoms with Crippen LogP contribution in [-0.2, 0) is 20.9 Å². The summed E-state index contributed by atoms with van der Waals surface area (Å²) in [5, 5.41) is 5.49. The second-order valence-corrected chi connectivity index (χ2v) is 9.05. The summed E-state index contributed by atoms with van der Waals surface area (Å²) in [6.07, 6.45) is 1.63. The minimum atomic E-state index is -0.479. The summed E-state index contributed by atoms with van der Waals surface area (Å²) in [5.41, 5.74) is 4.51. The van der Waals surface area contributed by atoms with E-state index in [9.17, 15) is 14.0 Å². The van der Waals surface area contributed by atoms with E-state index in [1.807, 2.05) is 41.5 Å².